The fourth-order valence-corrected chi connectivity index (χ4v) is 3.90. The number of likely N-dealkylation sites (N-methyl/N-ethyl adjacent to an activating group) is 1. The predicted molar refractivity (Wildman–Crippen MR) is 139 cm³/mol. The van der Waals surface area contributed by atoms with Crippen LogP contribution in [0.5, 0.6) is 0 Å². The molecule has 0 saturated carbocycles. The molecule has 1 saturated heterocycles. The van der Waals surface area contributed by atoms with Crippen LogP contribution >= 0.6 is 0 Å². The van der Waals surface area contributed by atoms with E-state index in [1.807, 2.05) is 31.2 Å². The minimum Gasteiger partial charge on any atom is -0.390 e. The molecule has 0 atom stereocenters. The zero-order valence-corrected chi connectivity index (χ0v) is 20.6. The van der Waals surface area contributed by atoms with Gasteiger partial charge in [-0.25, -0.2) is 9.98 Å². The van der Waals surface area contributed by atoms with Crippen molar-refractivity contribution >= 4 is 28.3 Å². The second-order valence-electron chi connectivity index (χ2n) is 8.91. The van der Waals surface area contributed by atoms with Gasteiger partial charge < -0.3 is 20.2 Å². The Bertz CT molecular complexity index is 1320. The van der Waals surface area contributed by atoms with E-state index in [0.29, 0.717) is 11.9 Å². The molecule has 182 valence electrons. The summed E-state index contributed by atoms with van der Waals surface area (Å²) in [6.45, 7) is 7.61. The fourth-order valence-electron chi connectivity index (χ4n) is 3.90. The first-order valence-electron chi connectivity index (χ1n) is 11.4. The number of hydrogen-bond donors (Lipinski definition) is 2. The summed E-state index contributed by atoms with van der Waals surface area (Å²) in [5.74, 6) is 0.999. The normalized spacial score (nSPS) is 14.7. The first kappa shape index (κ1) is 24.3. The molecule has 1 fully saturated rings. The lowest BCUT2D eigenvalue weighted by atomic mass is 10.0. The average molecular weight is 474 g/mol. The number of fused-ring (bicyclic) bond motifs is 1. The number of likely N-dealkylation sites (tertiary alicyclic amines) is 1. The van der Waals surface area contributed by atoms with Crippen LogP contribution in [0.15, 0.2) is 66.1 Å². The minimum absolute atomic E-state index is 0.102. The molecular formula is C26H31N7O2. The van der Waals surface area contributed by atoms with Crippen molar-refractivity contribution in [2.45, 2.75) is 19.6 Å². The molecule has 0 aliphatic carbocycles. The molecule has 0 unspecified atom stereocenters. The van der Waals surface area contributed by atoms with Gasteiger partial charge in [0.1, 0.15) is 11.7 Å². The van der Waals surface area contributed by atoms with Gasteiger partial charge in [-0.2, -0.15) is 5.10 Å². The van der Waals surface area contributed by atoms with Gasteiger partial charge in [-0.3, -0.25) is 9.48 Å². The molecule has 0 spiro atoms. The highest BCUT2D eigenvalue weighted by molar-refractivity contribution is 6.05. The number of carbonyl (C=O) groups excluding carboxylic acids is 1. The summed E-state index contributed by atoms with van der Waals surface area (Å²) in [6, 6.07) is 8.28. The van der Waals surface area contributed by atoms with Crippen LogP contribution in [0.25, 0.3) is 21.9 Å². The zero-order chi connectivity index (χ0) is 25.1. The van der Waals surface area contributed by atoms with E-state index >= 15 is 0 Å². The predicted octanol–water partition coefficient (Wildman–Crippen LogP) is 2.80. The van der Waals surface area contributed by atoms with Crippen molar-refractivity contribution in [1.82, 2.24) is 24.6 Å². The molecule has 1 amide bonds. The van der Waals surface area contributed by atoms with E-state index in [1.54, 1.807) is 36.4 Å². The number of nitrogens with one attached hydrogen (secondary N) is 1. The molecule has 35 heavy (non-hydrogen) atoms. The number of amides is 1. The number of carbonyl (C=O) groups is 1. The van der Waals surface area contributed by atoms with Gasteiger partial charge in [-0.15, -0.1) is 0 Å². The molecule has 1 aromatic carbocycles. The Morgan fingerprint density at radius 3 is 2.77 bits per heavy atom. The van der Waals surface area contributed by atoms with E-state index in [1.165, 1.54) is 0 Å². The second-order valence-corrected chi connectivity index (χ2v) is 8.91. The lowest BCUT2D eigenvalue weighted by Gasteiger charge is -2.43. The van der Waals surface area contributed by atoms with Crippen LogP contribution in [-0.4, -0.2) is 74.6 Å². The van der Waals surface area contributed by atoms with Gasteiger partial charge in [-0.1, -0.05) is 18.7 Å². The molecule has 1 aliphatic heterocycles. The van der Waals surface area contributed by atoms with Gasteiger partial charge in [0.05, 0.1) is 18.5 Å². The summed E-state index contributed by atoms with van der Waals surface area (Å²) in [7, 11) is 5.95. The molecule has 4 rings (SSSR count). The Morgan fingerprint density at radius 2 is 2.06 bits per heavy atom. The number of rotatable bonds is 7. The lowest BCUT2D eigenvalue weighted by molar-refractivity contribution is -0.112. The first-order chi connectivity index (χ1) is 16.8. The van der Waals surface area contributed by atoms with Crippen molar-refractivity contribution < 1.29 is 9.90 Å². The maximum Gasteiger partial charge on any atom is 0.256 e. The number of hydrogen-bond acceptors (Lipinski definition) is 6. The molecule has 3 heterocycles. The standard InChI is InChI=1S/C26H31N7O2/c1-17(8-9-27-18(2)33-14-22(15-33)31(3)4)26(35)30-25-11-21-10-19(6-7-20(21)12-28-25)23-13-29-32(5)24(23)16-34/h6-13,22,34H,1,14-16H2,2-5H3,(H,28,30,35)/b9-8-,27-18?. The number of aromatic nitrogens is 3. The summed E-state index contributed by atoms with van der Waals surface area (Å²) in [5, 5.41) is 18.6. The number of amidine groups is 1. The van der Waals surface area contributed by atoms with Crippen molar-refractivity contribution in [2.24, 2.45) is 12.0 Å². The van der Waals surface area contributed by atoms with Gasteiger partial charge in [0.25, 0.3) is 5.91 Å². The summed E-state index contributed by atoms with van der Waals surface area (Å²) in [6.07, 6.45) is 6.65. The Labute approximate surface area is 205 Å². The quantitative estimate of drug-likeness (QED) is 0.237. The molecule has 3 aromatic rings. The van der Waals surface area contributed by atoms with Crippen molar-refractivity contribution in [3.8, 4) is 11.1 Å². The Hall–Kier alpha value is -3.82. The van der Waals surface area contributed by atoms with E-state index in [2.05, 4.69) is 50.9 Å². The maximum absolute atomic E-state index is 12.6. The van der Waals surface area contributed by atoms with Gasteiger partial charge in [0, 0.05) is 55.1 Å². The van der Waals surface area contributed by atoms with E-state index in [0.717, 1.165) is 46.5 Å². The number of nitrogens with zero attached hydrogens (tertiary/aromatic N) is 6. The van der Waals surface area contributed by atoms with Crippen LogP contribution < -0.4 is 5.32 Å². The van der Waals surface area contributed by atoms with Crippen molar-refractivity contribution in [2.75, 3.05) is 32.5 Å². The van der Waals surface area contributed by atoms with Crippen LogP contribution in [-0.2, 0) is 18.4 Å². The Kier molecular flexibility index (Phi) is 7.09. The van der Waals surface area contributed by atoms with Crippen LogP contribution in [0, 0.1) is 0 Å². The number of aliphatic imine (C=N–C) groups is 1. The van der Waals surface area contributed by atoms with Crippen LogP contribution in [0.2, 0.25) is 0 Å². The minimum atomic E-state index is -0.344. The van der Waals surface area contributed by atoms with Gasteiger partial charge in [0.2, 0.25) is 0 Å². The highest BCUT2D eigenvalue weighted by Crippen LogP contribution is 2.28. The molecule has 1 aliphatic rings. The van der Waals surface area contributed by atoms with E-state index in [4.69, 9.17) is 0 Å². The SMILES string of the molecule is C=C(/C=C\N=C(C)N1CC(N(C)C)C1)C(=O)Nc1cc2cc(-c3cnn(C)c3CO)ccc2cn1. The highest BCUT2D eigenvalue weighted by atomic mass is 16.3. The summed E-state index contributed by atoms with van der Waals surface area (Å²) in [5.41, 5.74) is 2.82. The Morgan fingerprint density at radius 1 is 1.29 bits per heavy atom. The van der Waals surface area contributed by atoms with Crippen molar-refractivity contribution in [3.05, 3.63) is 66.8 Å². The lowest BCUT2D eigenvalue weighted by Crippen LogP contribution is -2.58. The largest absolute Gasteiger partial charge is 0.390 e. The average Bonchev–Trinajstić information content (AvgIpc) is 3.17. The van der Waals surface area contributed by atoms with Crippen molar-refractivity contribution in [1.29, 1.82) is 0 Å². The number of anilines is 1. The molecule has 2 aromatic heterocycles. The van der Waals surface area contributed by atoms with Crippen LogP contribution in [0.4, 0.5) is 5.82 Å². The molecule has 9 nitrogen and oxygen atoms in total. The third-order valence-corrected chi connectivity index (χ3v) is 6.36. The molecule has 9 heteroatoms. The third-order valence-electron chi connectivity index (χ3n) is 6.36. The molecule has 0 radical (unpaired) electrons. The molecule has 2 N–H and O–H groups in total. The van der Waals surface area contributed by atoms with Crippen LogP contribution in [0.3, 0.4) is 0 Å². The zero-order valence-electron chi connectivity index (χ0n) is 20.6. The van der Waals surface area contributed by atoms with Crippen molar-refractivity contribution in [3.63, 3.8) is 0 Å². The molecule has 0 bridgehead atoms. The fraction of sp³-hybridized carbons (Fsp3) is 0.308. The summed E-state index contributed by atoms with van der Waals surface area (Å²) in [4.78, 5) is 25.8. The molecular weight excluding hydrogens is 442 g/mol. The topological polar surface area (TPSA) is 98.9 Å². The number of aryl methyl sites for hydroxylation is 1. The van der Waals surface area contributed by atoms with Gasteiger partial charge >= 0.3 is 0 Å². The summed E-state index contributed by atoms with van der Waals surface area (Å²) >= 11 is 0. The second kappa shape index (κ2) is 10.2. The number of pyridine rings is 1. The van der Waals surface area contributed by atoms with Gasteiger partial charge in [-0.05, 0) is 50.2 Å². The first-order valence-corrected chi connectivity index (χ1v) is 11.4. The van der Waals surface area contributed by atoms with Crippen LogP contribution in [0.1, 0.15) is 12.6 Å². The maximum atomic E-state index is 12.6. The Balaban J connectivity index is 1.42. The number of aliphatic hydroxyl groups excluding tert-OH is 1. The number of aliphatic hydroxyl groups is 1. The summed E-state index contributed by atoms with van der Waals surface area (Å²) < 4.78 is 1.66. The smallest absolute Gasteiger partial charge is 0.256 e. The highest BCUT2D eigenvalue weighted by Gasteiger charge is 2.28. The third kappa shape index (κ3) is 5.31. The van der Waals surface area contributed by atoms with E-state index in [9.17, 15) is 9.90 Å². The van der Waals surface area contributed by atoms with E-state index < -0.39 is 0 Å². The van der Waals surface area contributed by atoms with E-state index in [-0.39, 0.29) is 18.1 Å². The monoisotopic (exact) mass is 473 g/mol. The van der Waals surface area contributed by atoms with Gasteiger partial charge in [0.15, 0.2) is 0 Å². The number of benzene rings is 1.